The second kappa shape index (κ2) is 4.05. The van der Waals surface area contributed by atoms with E-state index < -0.39 is 0 Å². The van der Waals surface area contributed by atoms with E-state index in [9.17, 15) is 0 Å². The summed E-state index contributed by atoms with van der Waals surface area (Å²) in [6.45, 7) is 2.91. The van der Waals surface area contributed by atoms with Crippen molar-refractivity contribution in [2.45, 2.75) is 51.2 Å². The van der Waals surface area contributed by atoms with E-state index in [1.807, 2.05) is 0 Å². The number of nitrogens with one attached hydrogen (secondary N) is 2. The van der Waals surface area contributed by atoms with Crippen LogP contribution in [0.15, 0.2) is 4.42 Å². The Morgan fingerprint density at radius 3 is 2.94 bits per heavy atom. The van der Waals surface area contributed by atoms with Crippen LogP contribution in [0, 0.1) is 5.92 Å². The van der Waals surface area contributed by atoms with Gasteiger partial charge in [-0.05, 0) is 25.2 Å². The number of aromatic nitrogens is 2. The summed E-state index contributed by atoms with van der Waals surface area (Å²) in [7, 11) is 0. The van der Waals surface area contributed by atoms with E-state index in [2.05, 4.69) is 27.8 Å². The Bertz CT molecular complexity index is 361. The minimum absolute atomic E-state index is 0.551. The molecule has 16 heavy (non-hydrogen) atoms. The third-order valence-electron chi connectivity index (χ3n) is 3.34. The van der Waals surface area contributed by atoms with Crippen molar-refractivity contribution in [3.63, 3.8) is 0 Å². The van der Waals surface area contributed by atoms with Crippen molar-refractivity contribution in [3.8, 4) is 0 Å². The molecule has 0 aliphatic heterocycles. The lowest BCUT2D eigenvalue weighted by Crippen LogP contribution is -2.15. The zero-order valence-electron chi connectivity index (χ0n) is 9.57. The second-order valence-electron chi connectivity index (χ2n) is 4.81. The van der Waals surface area contributed by atoms with Crippen LogP contribution in [0.4, 0.5) is 6.01 Å². The minimum atomic E-state index is 0.551. The van der Waals surface area contributed by atoms with Crippen molar-refractivity contribution in [1.29, 1.82) is 0 Å². The second-order valence-corrected chi connectivity index (χ2v) is 4.81. The third kappa shape index (κ3) is 2.35. The summed E-state index contributed by atoms with van der Waals surface area (Å²) >= 11 is 0. The smallest absolute Gasteiger partial charge is 0.315 e. The first-order valence-corrected chi connectivity index (χ1v) is 6.17. The van der Waals surface area contributed by atoms with Crippen LogP contribution in [0.3, 0.4) is 0 Å². The van der Waals surface area contributed by atoms with E-state index in [1.165, 1.54) is 25.7 Å². The van der Waals surface area contributed by atoms with Gasteiger partial charge in [0.15, 0.2) is 0 Å². The molecule has 0 bridgehead atoms. The molecule has 0 saturated heterocycles. The topological polar surface area (TPSA) is 63.0 Å². The van der Waals surface area contributed by atoms with Gasteiger partial charge < -0.3 is 15.1 Å². The lowest BCUT2D eigenvalue weighted by molar-refractivity contribution is 0.475. The molecular formula is C11H18N4O. The molecule has 1 aromatic heterocycles. The normalized spacial score (nSPS) is 28.1. The van der Waals surface area contributed by atoms with Crippen LogP contribution in [0.2, 0.25) is 0 Å². The lowest BCUT2D eigenvalue weighted by atomic mass is 10.3. The number of anilines is 1. The Balaban J connectivity index is 1.47. The van der Waals surface area contributed by atoms with Crippen molar-refractivity contribution in [3.05, 3.63) is 5.89 Å². The highest BCUT2D eigenvalue weighted by atomic mass is 16.4. The van der Waals surface area contributed by atoms with Crippen LogP contribution in [0.25, 0.3) is 0 Å². The van der Waals surface area contributed by atoms with E-state index in [-0.39, 0.29) is 0 Å². The summed E-state index contributed by atoms with van der Waals surface area (Å²) in [6.07, 6.45) is 5.01. The predicted octanol–water partition coefficient (Wildman–Crippen LogP) is 1.53. The van der Waals surface area contributed by atoms with Crippen LogP contribution >= 0.6 is 0 Å². The Kier molecular flexibility index (Phi) is 2.55. The van der Waals surface area contributed by atoms with Gasteiger partial charge in [0.05, 0.1) is 6.54 Å². The standard InChI is InChI=1S/C11H18N4O/c1-2-7-5-9(7)13-11-15-14-10(16-11)6-12-8-3-4-8/h7-9,12H,2-6H2,1H3,(H,13,15). The van der Waals surface area contributed by atoms with Crippen LogP contribution in [0.5, 0.6) is 0 Å². The van der Waals surface area contributed by atoms with E-state index in [4.69, 9.17) is 4.42 Å². The first-order valence-electron chi connectivity index (χ1n) is 6.17. The highest BCUT2D eigenvalue weighted by Gasteiger charge is 2.36. The van der Waals surface area contributed by atoms with Gasteiger partial charge in [0.25, 0.3) is 0 Å². The Morgan fingerprint density at radius 1 is 1.38 bits per heavy atom. The maximum atomic E-state index is 5.51. The van der Waals surface area contributed by atoms with Crippen molar-refractivity contribution < 1.29 is 4.42 Å². The van der Waals surface area contributed by atoms with Gasteiger partial charge in [-0.1, -0.05) is 18.4 Å². The first kappa shape index (κ1) is 10.1. The summed E-state index contributed by atoms with van der Waals surface area (Å²) in [5.41, 5.74) is 0. The van der Waals surface area contributed by atoms with Crippen molar-refractivity contribution >= 4 is 6.01 Å². The quantitative estimate of drug-likeness (QED) is 0.764. The zero-order valence-corrected chi connectivity index (χ0v) is 9.57. The Morgan fingerprint density at radius 2 is 2.25 bits per heavy atom. The lowest BCUT2D eigenvalue weighted by Gasteiger charge is -1.98. The SMILES string of the molecule is CCC1CC1Nc1nnc(CNC2CC2)o1. The van der Waals surface area contributed by atoms with Gasteiger partial charge in [0.2, 0.25) is 5.89 Å². The van der Waals surface area contributed by atoms with Gasteiger partial charge in [-0.15, -0.1) is 5.10 Å². The molecule has 5 nitrogen and oxygen atoms in total. The van der Waals surface area contributed by atoms with Gasteiger partial charge in [0, 0.05) is 12.1 Å². The number of hydrogen-bond acceptors (Lipinski definition) is 5. The molecule has 0 spiro atoms. The maximum absolute atomic E-state index is 5.51. The zero-order chi connectivity index (χ0) is 11.0. The van der Waals surface area contributed by atoms with Crippen LogP contribution < -0.4 is 10.6 Å². The molecule has 2 aliphatic rings. The molecule has 0 amide bonds. The number of hydrogen-bond donors (Lipinski definition) is 2. The summed E-state index contributed by atoms with van der Waals surface area (Å²) in [6, 6.07) is 1.81. The fourth-order valence-electron chi connectivity index (χ4n) is 1.94. The fourth-order valence-corrected chi connectivity index (χ4v) is 1.94. The van der Waals surface area contributed by atoms with Gasteiger partial charge in [-0.3, -0.25) is 0 Å². The van der Waals surface area contributed by atoms with Gasteiger partial charge >= 0.3 is 6.01 Å². The highest BCUT2D eigenvalue weighted by Crippen LogP contribution is 2.35. The molecule has 2 atom stereocenters. The van der Waals surface area contributed by atoms with Crippen molar-refractivity contribution in [2.24, 2.45) is 5.92 Å². The molecule has 1 aromatic rings. The molecule has 88 valence electrons. The van der Waals surface area contributed by atoms with Gasteiger partial charge in [-0.25, -0.2) is 0 Å². The molecule has 2 aliphatic carbocycles. The number of rotatable bonds is 6. The average Bonchev–Trinajstić information content (AvgIpc) is 3.18. The molecule has 1 heterocycles. The Labute approximate surface area is 95.0 Å². The van der Waals surface area contributed by atoms with Gasteiger partial charge in [-0.2, -0.15) is 0 Å². The molecule has 0 aromatic carbocycles. The minimum Gasteiger partial charge on any atom is -0.407 e. The van der Waals surface area contributed by atoms with E-state index in [0.717, 1.165) is 5.92 Å². The van der Waals surface area contributed by atoms with E-state index in [0.29, 0.717) is 30.5 Å². The molecule has 5 heteroatoms. The monoisotopic (exact) mass is 222 g/mol. The van der Waals surface area contributed by atoms with Crippen molar-refractivity contribution in [1.82, 2.24) is 15.5 Å². The Hall–Kier alpha value is -1.10. The molecule has 0 radical (unpaired) electrons. The molecule has 3 rings (SSSR count). The van der Waals surface area contributed by atoms with E-state index >= 15 is 0 Å². The predicted molar refractivity (Wildman–Crippen MR) is 60.0 cm³/mol. The van der Waals surface area contributed by atoms with Crippen LogP contribution in [-0.2, 0) is 6.54 Å². The fraction of sp³-hybridized carbons (Fsp3) is 0.818. The third-order valence-corrected chi connectivity index (χ3v) is 3.34. The van der Waals surface area contributed by atoms with Crippen LogP contribution in [-0.4, -0.2) is 22.3 Å². The van der Waals surface area contributed by atoms with Crippen molar-refractivity contribution in [2.75, 3.05) is 5.32 Å². The average molecular weight is 222 g/mol. The molecule has 2 N–H and O–H groups in total. The first-order chi connectivity index (χ1) is 7.85. The van der Waals surface area contributed by atoms with Crippen LogP contribution in [0.1, 0.15) is 38.5 Å². The summed E-state index contributed by atoms with van der Waals surface area (Å²) in [5.74, 6) is 1.48. The summed E-state index contributed by atoms with van der Waals surface area (Å²) < 4.78 is 5.51. The molecule has 2 fully saturated rings. The molecule has 2 saturated carbocycles. The molecular weight excluding hydrogens is 204 g/mol. The summed E-state index contributed by atoms with van der Waals surface area (Å²) in [4.78, 5) is 0. The largest absolute Gasteiger partial charge is 0.407 e. The van der Waals surface area contributed by atoms with E-state index in [1.54, 1.807) is 0 Å². The number of nitrogens with zero attached hydrogens (tertiary/aromatic N) is 2. The summed E-state index contributed by atoms with van der Waals surface area (Å²) in [5, 5.41) is 14.6. The maximum Gasteiger partial charge on any atom is 0.315 e. The molecule has 2 unspecified atom stereocenters. The van der Waals surface area contributed by atoms with Gasteiger partial charge in [0.1, 0.15) is 0 Å². The highest BCUT2D eigenvalue weighted by molar-refractivity contribution is 5.24.